The molecule has 2 heterocycles. The van der Waals surface area contributed by atoms with E-state index in [4.69, 9.17) is 0 Å². The first-order valence-corrected chi connectivity index (χ1v) is 6.94. The normalized spacial score (nSPS) is 12.1. The summed E-state index contributed by atoms with van der Waals surface area (Å²) in [7, 11) is 0. The average Bonchev–Trinajstić information content (AvgIpc) is 2.90. The van der Waals surface area contributed by atoms with E-state index in [9.17, 15) is 9.59 Å². The van der Waals surface area contributed by atoms with Crippen molar-refractivity contribution in [3.05, 3.63) is 46.9 Å². The summed E-state index contributed by atoms with van der Waals surface area (Å²) in [5.74, 6) is 0.479. The number of hydrogen-bond acceptors (Lipinski definition) is 4. The number of aryl methyl sites for hydroxylation is 1. The van der Waals surface area contributed by atoms with Gasteiger partial charge in [-0.1, -0.05) is 13.0 Å². The fraction of sp³-hybridized carbons (Fsp3) is 0.429. The van der Waals surface area contributed by atoms with Crippen LogP contribution in [0.1, 0.15) is 32.1 Å². The van der Waals surface area contributed by atoms with Crippen molar-refractivity contribution < 1.29 is 4.79 Å². The molecule has 1 N–H and O–H groups in total. The van der Waals surface area contributed by atoms with E-state index in [1.165, 1.54) is 10.6 Å². The number of hydrogen-bond donors (Lipinski definition) is 1. The van der Waals surface area contributed by atoms with Crippen LogP contribution in [-0.4, -0.2) is 25.2 Å². The minimum atomic E-state index is -0.258. The highest BCUT2D eigenvalue weighted by Gasteiger charge is 2.15. The lowest BCUT2D eigenvalue weighted by Crippen LogP contribution is -2.34. The van der Waals surface area contributed by atoms with Crippen LogP contribution in [0.3, 0.4) is 0 Å². The number of rotatable bonds is 6. The smallest absolute Gasteiger partial charge is 0.250 e. The van der Waals surface area contributed by atoms with Crippen LogP contribution < -0.4 is 10.9 Å². The molecule has 0 spiro atoms. The van der Waals surface area contributed by atoms with Crippen LogP contribution in [0.2, 0.25) is 0 Å². The SMILES string of the molecule is CCCn1cnnc1C(C)NC(=O)Cn1ccccc1=O. The van der Waals surface area contributed by atoms with E-state index in [1.54, 1.807) is 24.7 Å². The monoisotopic (exact) mass is 289 g/mol. The van der Waals surface area contributed by atoms with E-state index in [-0.39, 0.29) is 24.1 Å². The van der Waals surface area contributed by atoms with Gasteiger partial charge in [0.25, 0.3) is 5.56 Å². The Balaban J connectivity index is 2.01. The molecule has 0 aliphatic heterocycles. The van der Waals surface area contributed by atoms with Crippen molar-refractivity contribution in [3.63, 3.8) is 0 Å². The number of aromatic nitrogens is 4. The molecule has 7 heteroatoms. The Morgan fingerprint density at radius 3 is 2.90 bits per heavy atom. The third-order valence-corrected chi connectivity index (χ3v) is 3.09. The molecule has 2 aromatic rings. The molecule has 0 aromatic carbocycles. The van der Waals surface area contributed by atoms with Crippen LogP contribution in [0, 0.1) is 0 Å². The fourth-order valence-electron chi connectivity index (χ4n) is 2.11. The minimum Gasteiger partial charge on any atom is -0.345 e. The highest BCUT2D eigenvalue weighted by molar-refractivity contribution is 5.76. The standard InChI is InChI=1S/C14H19N5O2/c1-3-7-19-10-15-17-14(19)11(2)16-12(20)9-18-8-5-4-6-13(18)21/h4-6,8,10-11H,3,7,9H2,1-2H3,(H,16,20). The minimum absolute atomic E-state index is 0.00801. The van der Waals surface area contributed by atoms with Gasteiger partial charge in [-0.3, -0.25) is 9.59 Å². The molecule has 1 unspecified atom stereocenters. The van der Waals surface area contributed by atoms with Gasteiger partial charge in [0.05, 0.1) is 6.04 Å². The van der Waals surface area contributed by atoms with Crippen molar-refractivity contribution in [2.24, 2.45) is 0 Å². The Kier molecular flexibility index (Phi) is 4.86. The predicted molar refractivity (Wildman–Crippen MR) is 77.6 cm³/mol. The van der Waals surface area contributed by atoms with Gasteiger partial charge in [0.1, 0.15) is 12.9 Å². The van der Waals surface area contributed by atoms with E-state index < -0.39 is 0 Å². The molecule has 2 aromatic heterocycles. The van der Waals surface area contributed by atoms with Crippen LogP contribution in [0.15, 0.2) is 35.5 Å². The third kappa shape index (κ3) is 3.77. The lowest BCUT2D eigenvalue weighted by Gasteiger charge is -2.15. The van der Waals surface area contributed by atoms with Gasteiger partial charge >= 0.3 is 0 Å². The molecule has 21 heavy (non-hydrogen) atoms. The first-order valence-electron chi connectivity index (χ1n) is 6.94. The van der Waals surface area contributed by atoms with Crippen molar-refractivity contribution in [2.45, 2.75) is 39.4 Å². The molecule has 0 aliphatic rings. The molecule has 0 saturated carbocycles. The zero-order valence-electron chi connectivity index (χ0n) is 12.2. The van der Waals surface area contributed by atoms with Gasteiger partial charge in [0, 0.05) is 18.8 Å². The Morgan fingerprint density at radius 2 is 2.19 bits per heavy atom. The number of nitrogens with one attached hydrogen (secondary N) is 1. The zero-order chi connectivity index (χ0) is 15.2. The molecule has 2 rings (SSSR count). The van der Waals surface area contributed by atoms with E-state index in [1.807, 2.05) is 11.5 Å². The molecule has 112 valence electrons. The molecule has 1 amide bonds. The molecule has 0 saturated heterocycles. The second-order valence-electron chi connectivity index (χ2n) is 4.84. The number of nitrogens with zero attached hydrogens (tertiary/aromatic N) is 4. The number of carbonyl (C=O) groups is 1. The first-order chi connectivity index (χ1) is 10.1. The van der Waals surface area contributed by atoms with Gasteiger partial charge < -0.3 is 14.5 Å². The highest BCUT2D eigenvalue weighted by Crippen LogP contribution is 2.09. The summed E-state index contributed by atoms with van der Waals surface area (Å²) in [4.78, 5) is 23.6. The molecule has 0 fully saturated rings. The lowest BCUT2D eigenvalue weighted by molar-refractivity contribution is -0.122. The number of carbonyl (C=O) groups excluding carboxylic acids is 1. The summed E-state index contributed by atoms with van der Waals surface area (Å²) >= 11 is 0. The molecule has 0 bridgehead atoms. The van der Waals surface area contributed by atoms with Gasteiger partial charge in [-0.25, -0.2) is 0 Å². The van der Waals surface area contributed by atoms with Gasteiger partial charge in [-0.15, -0.1) is 10.2 Å². The highest BCUT2D eigenvalue weighted by atomic mass is 16.2. The summed E-state index contributed by atoms with van der Waals surface area (Å²) in [5.41, 5.74) is -0.200. The van der Waals surface area contributed by atoms with E-state index >= 15 is 0 Å². The van der Waals surface area contributed by atoms with Gasteiger partial charge in [-0.05, 0) is 19.4 Å². The molecule has 7 nitrogen and oxygen atoms in total. The van der Waals surface area contributed by atoms with E-state index in [0.717, 1.165) is 13.0 Å². The quantitative estimate of drug-likeness (QED) is 0.850. The summed E-state index contributed by atoms with van der Waals surface area (Å²) in [6, 6.07) is 4.53. The molecular formula is C14H19N5O2. The first kappa shape index (κ1) is 15.0. The second-order valence-corrected chi connectivity index (χ2v) is 4.84. The van der Waals surface area contributed by atoms with Gasteiger partial charge in [0.15, 0.2) is 5.82 Å². The average molecular weight is 289 g/mol. The Labute approximate surface area is 122 Å². The van der Waals surface area contributed by atoms with Gasteiger partial charge in [0.2, 0.25) is 5.91 Å². The maximum absolute atomic E-state index is 12.0. The maximum Gasteiger partial charge on any atom is 0.250 e. The van der Waals surface area contributed by atoms with Crippen LogP contribution >= 0.6 is 0 Å². The van der Waals surface area contributed by atoms with Crippen molar-refractivity contribution >= 4 is 5.91 Å². The second kappa shape index (κ2) is 6.83. The van der Waals surface area contributed by atoms with Crippen molar-refractivity contribution in [1.82, 2.24) is 24.6 Å². The van der Waals surface area contributed by atoms with E-state index in [2.05, 4.69) is 22.4 Å². The maximum atomic E-state index is 12.0. The predicted octanol–water partition coefficient (Wildman–Crippen LogP) is 0.727. The van der Waals surface area contributed by atoms with Crippen molar-refractivity contribution in [1.29, 1.82) is 0 Å². The third-order valence-electron chi connectivity index (χ3n) is 3.09. The fourth-order valence-corrected chi connectivity index (χ4v) is 2.11. The molecule has 1 atom stereocenters. The summed E-state index contributed by atoms with van der Waals surface area (Å²) < 4.78 is 3.28. The largest absolute Gasteiger partial charge is 0.345 e. The topological polar surface area (TPSA) is 81.8 Å². The van der Waals surface area contributed by atoms with Crippen LogP contribution in [0.5, 0.6) is 0 Å². The summed E-state index contributed by atoms with van der Waals surface area (Å²) in [5, 5.41) is 10.8. The Morgan fingerprint density at radius 1 is 1.38 bits per heavy atom. The Bertz CT molecular complexity index is 661. The van der Waals surface area contributed by atoms with Crippen LogP contribution in [-0.2, 0) is 17.9 Å². The number of pyridine rings is 1. The lowest BCUT2D eigenvalue weighted by atomic mass is 10.3. The number of amides is 1. The molecule has 0 aliphatic carbocycles. The Hall–Kier alpha value is -2.44. The summed E-state index contributed by atoms with van der Waals surface area (Å²) in [6.45, 7) is 4.71. The molecule has 0 radical (unpaired) electrons. The molecular weight excluding hydrogens is 270 g/mol. The van der Waals surface area contributed by atoms with Gasteiger partial charge in [-0.2, -0.15) is 0 Å². The van der Waals surface area contributed by atoms with E-state index in [0.29, 0.717) is 5.82 Å². The zero-order valence-corrected chi connectivity index (χ0v) is 12.2. The van der Waals surface area contributed by atoms with Crippen LogP contribution in [0.4, 0.5) is 0 Å². The van der Waals surface area contributed by atoms with Crippen LogP contribution in [0.25, 0.3) is 0 Å². The van der Waals surface area contributed by atoms with Crippen molar-refractivity contribution in [2.75, 3.05) is 0 Å². The summed E-state index contributed by atoms with van der Waals surface area (Å²) in [6.07, 6.45) is 4.21. The van der Waals surface area contributed by atoms with Crippen molar-refractivity contribution in [3.8, 4) is 0 Å².